The van der Waals surface area contributed by atoms with Gasteiger partial charge in [0.2, 0.25) is 5.91 Å². The summed E-state index contributed by atoms with van der Waals surface area (Å²) in [6.45, 7) is 5.38. The lowest BCUT2D eigenvalue weighted by Gasteiger charge is -2.37. The van der Waals surface area contributed by atoms with E-state index in [0.717, 1.165) is 53.8 Å². The predicted molar refractivity (Wildman–Crippen MR) is 156 cm³/mol. The van der Waals surface area contributed by atoms with Crippen molar-refractivity contribution in [3.63, 3.8) is 0 Å². The molecule has 1 amide bonds. The van der Waals surface area contributed by atoms with E-state index in [1.54, 1.807) is 7.11 Å². The predicted octanol–water partition coefficient (Wildman–Crippen LogP) is 4.44. The molecule has 10 nitrogen and oxygen atoms in total. The molecule has 202 valence electrons. The highest BCUT2D eigenvalue weighted by Gasteiger charge is 2.24. The summed E-state index contributed by atoms with van der Waals surface area (Å²) in [6.07, 6.45) is 6.72. The Labute approximate surface area is 228 Å². The van der Waals surface area contributed by atoms with Crippen LogP contribution >= 0.6 is 0 Å². The first-order chi connectivity index (χ1) is 18.9. The van der Waals surface area contributed by atoms with Gasteiger partial charge in [0.05, 0.1) is 41.6 Å². The first kappa shape index (κ1) is 26.2. The number of carbonyl (C=O) groups excluding carboxylic acids is 1. The van der Waals surface area contributed by atoms with Crippen LogP contribution in [0.5, 0.6) is 5.75 Å². The molecule has 0 unspecified atom stereocenters. The zero-order chi connectivity index (χ0) is 27.5. The number of piperidine rings is 1. The van der Waals surface area contributed by atoms with Gasteiger partial charge >= 0.3 is 0 Å². The zero-order valence-electron chi connectivity index (χ0n) is 22.8. The topological polar surface area (TPSA) is 100 Å². The molecule has 3 heterocycles. The van der Waals surface area contributed by atoms with Crippen LogP contribution in [-0.2, 0) is 11.8 Å². The smallest absolute Gasteiger partial charge is 0.247 e. The van der Waals surface area contributed by atoms with E-state index >= 15 is 0 Å². The van der Waals surface area contributed by atoms with Crippen molar-refractivity contribution in [1.82, 2.24) is 24.6 Å². The van der Waals surface area contributed by atoms with Crippen molar-refractivity contribution in [2.45, 2.75) is 18.9 Å². The Morgan fingerprint density at radius 2 is 1.92 bits per heavy atom. The molecule has 10 heteroatoms. The van der Waals surface area contributed by atoms with Gasteiger partial charge in [-0.3, -0.25) is 9.48 Å². The second kappa shape index (κ2) is 11.1. The van der Waals surface area contributed by atoms with E-state index < -0.39 is 0 Å². The van der Waals surface area contributed by atoms with E-state index in [9.17, 15) is 4.79 Å². The third kappa shape index (κ3) is 5.56. The highest BCUT2D eigenvalue weighted by atomic mass is 16.5. The van der Waals surface area contributed by atoms with E-state index in [4.69, 9.17) is 4.74 Å². The van der Waals surface area contributed by atoms with E-state index in [0.29, 0.717) is 29.0 Å². The van der Waals surface area contributed by atoms with Gasteiger partial charge in [0.15, 0.2) is 0 Å². The van der Waals surface area contributed by atoms with Gasteiger partial charge in [0.1, 0.15) is 17.9 Å². The standard InChI is InChI=1S/C29H34N8O2/c1-6-29(38)34-23-14-24(27(39-5)16-26(23)37-11-9-21(10-12-37)35(2)3)33-28-15-22(30-18-31-28)19-7-8-25-20(13-19)17-32-36(25)4/h6-8,13-18,21H,1,9-12H2,2-5H3,(H,34,38)(H,30,31,33). The molecule has 0 aliphatic carbocycles. The van der Waals surface area contributed by atoms with Crippen LogP contribution in [0.15, 0.2) is 61.6 Å². The van der Waals surface area contributed by atoms with Gasteiger partial charge in [-0.2, -0.15) is 5.10 Å². The van der Waals surface area contributed by atoms with Gasteiger partial charge in [0, 0.05) is 49.3 Å². The molecular weight excluding hydrogens is 492 g/mol. The Hall–Kier alpha value is -4.44. The second-order valence-corrected chi connectivity index (χ2v) is 9.90. The molecule has 0 atom stereocenters. The molecule has 5 rings (SSSR count). The Morgan fingerprint density at radius 3 is 2.64 bits per heavy atom. The summed E-state index contributed by atoms with van der Waals surface area (Å²) in [5, 5.41) is 11.7. The van der Waals surface area contributed by atoms with E-state index in [-0.39, 0.29) is 5.91 Å². The summed E-state index contributed by atoms with van der Waals surface area (Å²) in [5.41, 5.74) is 5.06. The minimum absolute atomic E-state index is 0.273. The Kier molecular flexibility index (Phi) is 7.47. The van der Waals surface area contributed by atoms with Gasteiger partial charge in [-0.15, -0.1) is 0 Å². The Balaban J connectivity index is 1.46. The Morgan fingerprint density at radius 1 is 1.13 bits per heavy atom. The first-order valence-electron chi connectivity index (χ1n) is 12.9. The number of nitrogens with one attached hydrogen (secondary N) is 2. The van der Waals surface area contributed by atoms with Crippen molar-refractivity contribution in [3.8, 4) is 17.0 Å². The molecule has 1 aliphatic rings. The lowest BCUT2D eigenvalue weighted by atomic mass is 10.0. The van der Waals surface area contributed by atoms with Crippen molar-refractivity contribution < 1.29 is 9.53 Å². The molecule has 2 aromatic heterocycles. The molecule has 0 radical (unpaired) electrons. The number of nitrogens with zero attached hydrogens (tertiary/aromatic N) is 6. The number of aryl methyl sites for hydroxylation is 1. The fraction of sp³-hybridized carbons (Fsp3) is 0.310. The molecule has 1 fully saturated rings. The zero-order valence-corrected chi connectivity index (χ0v) is 22.8. The second-order valence-electron chi connectivity index (χ2n) is 9.90. The molecule has 0 bridgehead atoms. The number of hydrogen-bond donors (Lipinski definition) is 2. The van der Waals surface area contributed by atoms with Crippen LogP contribution < -0.4 is 20.3 Å². The van der Waals surface area contributed by atoms with Crippen molar-refractivity contribution in [2.24, 2.45) is 7.05 Å². The number of fused-ring (bicyclic) bond motifs is 1. The van der Waals surface area contributed by atoms with E-state index in [1.165, 1.54) is 12.4 Å². The Bertz CT molecular complexity index is 1500. The molecule has 0 spiro atoms. The van der Waals surface area contributed by atoms with Gasteiger partial charge in [-0.1, -0.05) is 12.6 Å². The maximum atomic E-state index is 12.3. The van der Waals surface area contributed by atoms with Gasteiger partial charge in [-0.05, 0) is 51.2 Å². The summed E-state index contributed by atoms with van der Waals surface area (Å²) in [5.74, 6) is 0.976. The molecule has 0 saturated carbocycles. The number of methoxy groups -OCH3 is 1. The fourth-order valence-corrected chi connectivity index (χ4v) is 5.05. The van der Waals surface area contributed by atoms with Gasteiger partial charge in [-0.25, -0.2) is 9.97 Å². The van der Waals surface area contributed by atoms with E-state index in [1.807, 2.05) is 48.3 Å². The molecule has 39 heavy (non-hydrogen) atoms. The lowest BCUT2D eigenvalue weighted by Crippen LogP contribution is -2.42. The normalized spacial score (nSPS) is 14.0. The molecule has 4 aromatic rings. The number of amides is 1. The SMILES string of the molecule is C=CC(=O)Nc1cc(Nc2cc(-c3ccc4c(cnn4C)c3)ncn2)c(OC)cc1N1CCC(N(C)C)CC1. The largest absolute Gasteiger partial charge is 0.494 e. The average Bonchev–Trinajstić information content (AvgIpc) is 3.33. The van der Waals surface area contributed by atoms with Crippen LogP contribution in [0.25, 0.3) is 22.2 Å². The summed E-state index contributed by atoms with van der Waals surface area (Å²) >= 11 is 0. The molecule has 2 N–H and O–H groups in total. The van der Waals surface area contributed by atoms with Crippen LogP contribution in [0.3, 0.4) is 0 Å². The third-order valence-corrected chi connectivity index (χ3v) is 7.27. The maximum absolute atomic E-state index is 12.3. The van der Waals surface area contributed by atoms with Gasteiger partial charge < -0.3 is 25.2 Å². The number of aromatic nitrogens is 4. The summed E-state index contributed by atoms with van der Waals surface area (Å²) in [6, 6.07) is 12.4. The number of benzene rings is 2. The molecular formula is C29H34N8O2. The van der Waals surface area contributed by atoms with E-state index in [2.05, 4.69) is 62.2 Å². The highest BCUT2D eigenvalue weighted by molar-refractivity contribution is 6.02. The quantitative estimate of drug-likeness (QED) is 0.325. The van der Waals surface area contributed by atoms with Crippen LogP contribution in [0.2, 0.25) is 0 Å². The maximum Gasteiger partial charge on any atom is 0.247 e. The monoisotopic (exact) mass is 526 g/mol. The summed E-state index contributed by atoms with van der Waals surface area (Å²) in [4.78, 5) is 25.8. The number of ether oxygens (including phenoxy) is 1. The van der Waals surface area contributed by atoms with Crippen LogP contribution in [0.4, 0.5) is 22.9 Å². The third-order valence-electron chi connectivity index (χ3n) is 7.27. The average molecular weight is 527 g/mol. The molecule has 1 saturated heterocycles. The number of rotatable bonds is 8. The number of hydrogen-bond acceptors (Lipinski definition) is 8. The van der Waals surface area contributed by atoms with Crippen LogP contribution in [0, 0.1) is 0 Å². The minimum Gasteiger partial charge on any atom is -0.494 e. The molecule has 2 aromatic carbocycles. The van der Waals surface area contributed by atoms with Crippen molar-refractivity contribution >= 4 is 39.7 Å². The summed E-state index contributed by atoms with van der Waals surface area (Å²) in [7, 11) is 7.80. The lowest BCUT2D eigenvalue weighted by molar-refractivity contribution is -0.111. The fourth-order valence-electron chi connectivity index (χ4n) is 5.05. The van der Waals surface area contributed by atoms with Crippen molar-refractivity contribution in [3.05, 3.63) is 61.6 Å². The number of anilines is 4. The van der Waals surface area contributed by atoms with Crippen LogP contribution in [0.1, 0.15) is 12.8 Å². The van der Waals surface area contributed by atoms with Crippen molar-refractivity contribution in [1.29, 1.82) is 0 Å². The first-order valence-corrected chi connectivity index (χ1v) is 12.9. The number of carbonyl (C=O) groups is 1. The molecule has 1 aliphatic heterocycles. The minimum atomic E-state index is -0.273. The highest BCUT2D eigenvalue weighted by Crippen LogP contribution is 2.39. The van der Waals surface area contributed by atoms with Gasteiger partial charge in [0.25, 0.3) is 0 Å². The summed E-state index contributed by atoms with van der Waals surface area (Å²) < 4.78 is 7.62. The van der Waals surface area contributed by atoms with Crippen molar-refractivity contribution in [2.75, 3.05) is 49.8 Å². The van der Waals surface area contributed by atoms with Crippen LogP contribution in [-0.4, -0.2) is 70.9 Å².